The summed E-state index contributed by atoms with van der Waals surface area (Å²) < 4.78 is 5.40. The van der Waals surface area contributed by atoms with Gasteiger partial charge in [0.05, 0.1) is 29.7 Å². The van der Waals surface area contributed by atoms with E-state index in [1.165, 1.54) is 4.88 Å². The fourth-order valence-corrected chi connectivity index (χ4v) is 3.89. The van der Waals surface area contributed by atoms with E-state index in [9.17, 15) is 0 Å². The molecule has 2 aliphatic rings. The van der Waals surface area contributed by atoms with E-state index in [0.29, 0.717) is 6.61 Å². The summed E-state index contributed by atoms with van der Waals surface area (Å²) in [4.78, 5) is 2.41. The normalized spacial score (nSPS) is 21.9. The maximum Gasteiger partial charge on any atom is 0.0931 e. The lowest BCUT2D eigenvalue weighted by Crippen LogP contribution is -2.06. The molecule has 1 aromatic heterocycles. The molecule has 0 amide bonds. The summed E-state index contributed by atoms with van der Waals surface area (Å²) in [7, 11) is 0. The van der Waals surface area contributed by atoms with Crippen molar-refractivity contribution in [3.05, 3.63) is 20.3 Å². The minimum Gasteiger partial charge on any atom is -0.376 e. The summed E-state index contributed by atoms with van der Waals surface area (Å²) in [6.45, 7) is 1.40. The molecule has 0 radical (unpaired) electrons. The van der Waals surface area contributed by atoms with Crippen molar-refractivity contribution in [3.63, 3.8) is 0 Å². The van der Waals surface area contributed by atoms with Crippen LogP contribution in [0.5, 0.6) is 0 Å². The van der Waals surface area contributed by atoms with E-state index in [0.717, 1.165) is 41.3 Å². The highest BCUT2D eigenvalue weighted by Crippen LogP contribution is 2.54. The number of nitrogens with zero attached hydrogens (tertiary/aromatic N) is 1. The highest BCUT2D eigenvalue weighted by atomic mass is 35.5. The number of rotatable bonds is 1. The molecule has 0 saturated heterocycles. The molecular formula is C11H10ClNOS. The smallest absolute Gasteiger partial charge is 0.0931 e. The monoisotopic (exact) mass is 239 g/mol. The molecule has 0 spiro atoms. The molecule has 0 atom stereocenters. The summed E-state index contributed by atoms with van der Waals surface area (Å²) in [5.74, 6) is 0. The zero-order valence-corrected chi connectivity index (χ0v) is 9.75. The first-order chi connectivity index (χ1) is 7.27. The molecule has 0 bridgehead atoms. The second kappa shape index (κ2) is 3.21. The van der Waals surface area contributed by atoms with Gasteiger partial charge in [-0.1, -0.05) is 11.6 Å². The van der Waals surface area contributed by atoms with Gasteiger partial charge in [0, 0.05) is 21.7 Å². The molecule has 0 aromatic carbocycles. The Bertz CT molecular complexity index is 456. The molecule has 3 rings (SSSR count). The lowest BCUT2D eigenvalue weighted by atomic mass is 10.1. The lowest BCUT2D eigenvalue weighted by Gasteiger charge is -2.11. The largest absolute Gasteiger partial charge is 0.376 e. The Morgan fingerprint density at radius 3 is 2.87 bits per heavy atom. The van der Waals surface area contributed by atoms with Gasteiger partial charge in [-0.05, 0) is 12.8 Å². The minimum absolute atomic E-state index is 0.251. The quantitative estimate of drug-likeness (QED) is 0.755. The van der Waals surface area contributed by atoms with Crippen molar-refractivity contribution in [2.24, 2.45) is 0 Å². The van der Waals surface area contributed by atoms with Crippen molar-refractivity contribution in [2.45, 2.75) is 31.3 Å². The molecule has 1 aliphatic heterocycles. The third-order valence-electron chi connectivity index (χ3n) is 3.14. The Labute approximate surface area is 97.4 Å². The molecule has 2 nitrogen and oxygen atoms in total. The second-order valence-electron chi connectivity index (χ2n) is 4.14. The Morgan fingerprint density at radius 2 is 2.27 bits per heavy atom. The van der Waals surface area contributed by atoms with E-state index in [-0.39, 0.29) is 5.41 Å². The van der Waals surface area contributed by atoms with Gasteiger partial charge >= 0.3 is 0 Å². The molecule has 0 N–H and O–H groups in total. The van der Waals surface area contributed by atoms with Crippen LogP contribution in [0, 0.1) is 11.3 Å². The number of fused-ring (bicyclic) bond motifs is 1. The van der Waals surface area contributed by atoms with E-state index < -0.39 is 0 Å². The summed E-state index contributed by atoms with van der Waals surface area (Å²) in [6.07, 6.45) is 2.87. The van der Waals surface area contributed by atoms with Crippen molar-refractivity contribution in [1.29, 1.82) is 5.26 Å². The van der Waals surface area contributed by atoms with Gasteiger partial charge in [-0.15, -0.1) is 11.3 Å². The number of thiophene rings is 1. The van der Waals surface area contributed by atoms with E-state index in [1.807, 2.05) is 0 Å². The van der Waals surface area contributed by atoms with Crippen molar-refractivity contribution in [1.82, 2.24) is 0 Å². The summed E-state index contributed by atoms with van der Waals surface area (Å²) in [5.41, 5.74) is 0.878. The average Bonchev–Trinajstić information content (AvgIpc) is 3.00. The maximum absolute atomic E-state index is 9.16. The average molecular weight is 240 g/mol. The molecule has 1 saturated carbocycles. The zero-order valence-electron chi connectivity index (χ0n) is 8.18. The molecular weight excluding hydrogens is 230 g/mol. The standard InChI is InChI=1S/C11H10ClNOS/c12-9-7-5-14-4-1-8(7)15-10(9)11(6-13)2-3-11/h1-5H2. The van der Waals surface area contributed by atoms with Crippen molar-refractivity contribution in [2.75, 3.05) is 6.61 Å². The minimum atomic E-state index is -0.251. The third-order valence-corrected chi connectivity index (χ3v) is 5.17. The van der Waals surface area contributed by atoms with Crippen LogP contribution in [-0.2, 0) is 23.2 Å². The van der Waals surface area contributed by atoms with Gasteiger partial charge in [0.25, 0.3) is 0 Å². The molecule has 2 heterocycles. The van der Waals surface area contributed by atoms with Gasteiger partial charge < -0.3 is 4.74 Å². The van der Waals surface area contributed by atoms with Crippen molar-refractivity contribution < 1.29 is 4.74 Å². The molecule has 1 fully saturated rings. The number of halogens is 1. The Morgan fingerprint density at radius 1 is 1.47 bits per heavy atom. The van der Waals surface area contributed by atoms with Crippen LogP contribution in [0.2, 0.25) is 5.02 Å². The van der Waals surface area contributed by atoms with Crippen LogP contribution >= 0.6 is 22.9 Å². The first kappa shape index (κ1) is 9.65. The van der Waals surface area contributed by atoms with Crippen molar-refractivity contribution >= 4 is 22.9 Å². The van der Waals surface area contributed by atoms with Crippen LogP contribution in [0.3, 0.4) is 0 Å². The van der Waals surface area contributed by atoms with E-state index in [1.54, 1.807) is 11.3 Å². The van der Waals surface area contributed by atoms with Gasteiger partial charge in [0.2, 0.25) is 0 Å². The molecule has 1 aliphatic carbocycles. The number of ether oxygens (including phenoxy) is 1. The summed E-state index contributed by atoms with van der Waals surface area (Å²) in [5, 5.41) is 9.96. The Kier molecular flexibility index (Phi) is 2.07. The highest BCUT2D eigenvalue weighted by Gasteiger charge is 2.48. The first-order valence-corrected chi connectivity index (χ1v) is 6.26. The van der Waals surface area contributed by atoms with Crippen LogP contribution in [0.15, 0.2) is 0 Å². The number of hydrogen-bond acceptors (Lipinski definition) is 3. The molecule has 0 unspecified atom stereocenters. The Balaban J connectivity index is 2.11. The summed E-state index contributed by atoms with van der Waals surface area (Å²) >= 11 is 8.05. The molecule has 4 heteroatoms. The third kappa shape index (κ3) is 1.32. The first-order valence-electron chi connectivity index (χ1n) is 5.06. The zero-order chi connectivity index (χ0) is 10.5. The van der Waals surface area contributed by atoms with Gasteiger partial charge in [-0.2, -0.15) is 5.26 Å². The maximum atomic E-state index is 9.16. The van der Waals surface area contributed by atoms with Crippen LogP contribution in [0.4, 0.5) is 0 Å². The Hall–Kier alpha value is -0.560. The molecule has 15 heavy (non-hydrogen) atoms. The van der Waals surface area contributed by atoms with E-state index in [4.69, 9.17) is 21.6 Å². The van der Waals surface area contributed by atoms with Crippen LogP contribution in [-0.4, -0.2) is 6.61 Å². The fourth-order valence-electron chi connectivity index (χ4n) is 2.00. The summed E-state index contributed by atoms with van der Waals surface area (Å²) in [6, 6.07) is 2.40. The molecule has 78 valence electrons. The van der Waals surface area contributed by atoms with Crippen LogP contribution < -0.4 is 0 Å². The van der Waals surface area contributed by atoms with Gasteiger partial charge in [0.15, 0.2) is 0 Å². The predicted molar refractivity (Wildman–Crippen MR) is 59.2 cm³/mol. The molecule has 1 aromatic rings. The van der Waals surface area contributed by atoms with Crippen LogP contribution in [0.25, 0.3) is 0 Å². The second-order valence-corrected chi connectivity index (χ2v) is 5.63. The van der Waals surface area contributed by atoms with Crippen molar-refractivity contribution in [3.8, 4) is 6.07 Å². The van der Waals surface area contributed by atoms with Gasteiger partial charge in [-0.25, -0.2) is 0 Å². The fraction of sp³-hybridized carbons (Fsp3) is 0.545. The van der Waals surface area contributed by atoms with Gasteiger partial charge in [-0.3, -0.25) is 0 Å². The van der Waals surface area contributed by atoms with E-state index >= 15 is 0 Å². The number of nitriles is 1. The van der Waals surface area contributed by atoms with E-state index in [2.05, 4.69) is 6.07 Å². The van der Waals surface area contributed by atoms with Crippen LogP contribution in [0.1, 0.15) is 28.2 Å². The highest BCUT2D eigenvalue weighted by molar-refractivity contribution is 7.13. The number of hydrogen-bond donors (Lipinski definition) is 0. The topological polar surface area (TPSA) is 33.0 Å². The van der Waals surface area contributed by atoms with Gasteiger partial charge in [0.1, 0.15) is 0 Å². The lowest BCUT2D eigenvalue weighted by molar-refractivity contribution is 0.112. The predicted octanol–water partition coefficient (Wildman–Crippen LogP) is 3.03. The SMILES string of the molecule is N#CC1(c2sc3c(c2Cl)COCC3)CC1.